The van der Waals surface area contributed by atoms with E-state index in [-0.39, 0.29) is 35.1 Å². The summed E-state index contributed by atoms with van der Waals surface area (Å²) in [6.45, 7) is -0.511. The molecule has 3 aromatic carbocycles. The fourth-order valence-electron chi connectivity index (χ4n) is 5.22. The van der Waals surface area contributed by atoms with Gasteiger partial charge in [-0.3, -0.25) is 19.3 Å². The van der Waals surface area contributed by atoms with Crippen molar-refractivity contribution in [3.8, 4) is 0 Å². The number of carbonyl (C=O) groups excluding carboxylic acids is 4. The predicted molar refractivity (Wildman–Crippen MR) is 147 cm³/mol. The van der Waals surface area contributed by atoms with Crippen LogP contribution in [0.5, 0.6) is 0 Å². The average molecular weight is 596 g/mol. The lowest BCUT2D eigenvalue weighted by atomic mass is 9.73. The molecule has 0 unspecified atom stereocenters. The van der Waals surface area contributed by atoms with Crippen molar-refractivity contribution in [2.45, 2.75) is 25.2 Å². The molecular formula is C29H24BrClN2O5. The number of hydrogen-bond donors (Lipinski definition) is 1. The van der Waals surface area contributed by atoms with Crippen molar-refractivity contribution < 1.29 is 23.9 Å². The molecule has 1 aliphatic heterocycles. The predicted octanol–water partition coefficient (Wildman–Crippen LogP) is 5.97. The molecule has 38 heavy (non-hydrogen) atoms. The number of nitrogens with zero attached hydrogens (tertiary/aromatic N) is 1. The summed E-state index contributed by atoms with van der Waals surface area (Å²) in [5, 5.41) is 3.04. The number of benzene rings is 3. The highest BCUT2D eigenvalue weighted by molar-refractivity contribution is 9.10. The minimum atomic E-state index is -0.739. The summed E-state index contributed by atoms with van der Waals surface area (Å²) < 4.78 is 5.85. The van der Waals surface area contributed by atoms with Gasteiger partial charge < -0.3 is 10.1 Å². The molecule has 1 heterocycles. The maximum atomic E-state index is 13.4. The molecule has 2 fully saturated rings. The Balaban J connectivity index is 1.24. The van der Waals surface area contributed by atoms with E-state index >= 15 is 0 Å². The maximum absolute atomic E-state index is 13.4. The van der Waals surface area contributed by atoms with E-state index in [4.69, 9.17) is 16.3 Å². The molecule has 5 rings (SSSR count). The number of esters is 1. The van der Waals surface area contributed by atoms with E-state index in [0.29, 0.717) is 33.7 Å². The molecular weight excluding hydrogens is 572 g/mol. The number of carbonyl (C=O) groups is 4. The second-order valence-corrected chi connectivity index (χ2v) is 10.7. The van der Waals surface area contributed by atoms with Crippen LogP contribution in [-0.2, 0) is 19.1 Å². The second-order valence-electron chi connectivity index (χ2n) is 9.45. The van der Waals surface area contributed by atoms with Crippen molar-refractivity contribution in [3.63, 3.8) is 0 Å². The van der Waals surface area contributed by atoms with Gasteiger partial charge in [-0.15, -0.1) is 0 Å². The van der Waals surface area contributed by atoms with Crippen LogP contribution >= 0.6 is 27.5 Å². The molecule has 0 spiro atoms. The van der Waals surface area contributed by atoms with E-state index in [2.05, 4.69) is 33.4 Å². The third-order valence-electron chi connectivity index (χ3n) is 7.07. The maximum Gasteiger partial charge on any atom is 0.338 e. The van der Waals surface area contributed by atoms with Gasteiger partial charge in [0.25, 0.3) is 5.91 Å². The Morgan fingerprint density at radius 2 is 1.71 bits per heavy atom. The van der Waals surface area contributed by atoms with Crippen LogP contribution in [0.1, 0.15) is 41.1 Å². The normalized spacial score (nSPS) is 20.7. The van der Waals surface area contributed by atoms with Gasteiger partial charge in [0.15, 0.2) is 6.61 Å². The third kappa shape index (κ3) is 5.37. The van der Waals surface area contributed by atoms with Crippen LogP contribution in [0.4, 0.5) is 11.4 Å². The lowest BCUT2D eigenvalue weighted by Crippen LogP contribution is -2.31. The summed E-state index contributed by atoms with van der Waals surface area (Å²) in [6.07, 6.45) is 2.11. The summed E-state index contributed by atoms with van der Waals surface area (Å²) in [5.74, 6) is -2.24. The first-order valence-corrected chi connectivity index (χ1v) is 13.4. The Bertz CT molecular complexity index is 1410. The molecule has 9 heteroatoms. The molecule has 194 valence electrons. The molecule has 1 saturated heterocycles. The summed E-state index contributed by atoms with van der Waals surface area (Å²) in [7, 11) is 0. The molecule has 3 amide bonds. The summed E-state index contributed by atoms with van der Waals surface area (Å²) in [4.78, 5) is 52.7. The minimum absolute atomic E-state index is 0.139. The van der Waals surface area contributed by atoms with E-state index in [1.807, 2.05) is 18.2 Å². The smallest absolute Gasteiger partial charge is 0.338 e. The van der Waals surface area contributed by atoms with Crippen molar-refractivity contribution in [1.29, 1.82) is 0 Å². The zero-order chi connectivity index (χ0) is 26.8. The molecule has 0 radical (unpaired) electrons. The van der Waals surface area contributed by atoms with Crippen molar-refractivity contribution in [2.24, 2.45) is 11.8 Å². The van der Waals surface area contributed by atoms with Gasteiger partial charge in [-0.05, 0) is 83.1 Å². The van der Waals surface area contributed by atoms with Crippen LogP contribution in [-0.4, -0.2) is 30.3 Å². The number of fused-ring (bicyclic) bond motifs is 1. The van der Waals surface area contributed by atoms with E-state index in [9.17, 15) is 19.2 Å². The van der Waals surface area contributed by atoms with Crippen molar-refractivity contribution in [2.75, 3.05) is 16.8 Å². The molecule has 3 aromatic rings. The van der Waals surface area contributed by atoms with Crippen LogP contribution in [0, 0.1) is 11.8 Å². The van der Waals surface area contributed by atoms with Crippen molar-refractivity contribution >= 4 is 62.6 Å². The van der Waals surface area contributed by atoms with Crippen LogP contribution in [0.15, 0.2) is 77.3 Å². The molecule has 2 aliphatic rings. The summed E-state index contributed by atoms with van der Waals surface area (Å²) in [6, 6.07) is 21.2. The molecule has 1 N–H and O–H groups in total. The van der Waals surface area contributed by atoms with Gasteiger partial charge in [-0.1, -0.05) is 48.0 Å². The Morgan fingerprint density at radius 1 is 0.947 bits per heavy atom. The molecule has 0 bridgehead atoms. The van der Waals surface area contributed by atoms with Crippen molar-refractivity contribution in [1.82, 2.24) is 0 Å². The lowest BCUT2D eigenvalue weighted by Gasteiger charge is -2.28. The second kappa shape index (κ2) is 11.1. The highest BCUT2D eigenvalue weighted by Crippen LogP contribution is 2.45. The summed E-state index contributed by atoms with van der Waals surface area (Å²) in [5.41, 5.74) is 2.11. The van der Waals surface area contributed by atoms with Crippen LogP contribution in [0.3, 0.4) is 0 Å². The zero-order valence-electron chi connectivity index (χ0n) is 20.2. The number of halogens is 2. The summed E-state index contributed by atoms with van der Waals surface area (Å²) >= 11 is 9.31. The van der Waals surface area contributed by atoms with Gasteiger partial charge in [0.1, 0.15) is 0 Å². The van der Waals surface area contributed by atoms with Gasteiger partial charge in [0.2, 0.25) is 11.8 Å². The van der Waals surface area contributed by atoms with Crippen molar-refractivity contribution in [3.05, 3.63) is 93.4 Å². The number of imide groups is 1. The van der Waals surface area contributed by atoms with Crippen LogP contribution < -0.4 is 10.2 Å². The van der Waals surface area contributed by atoms with E-state index in [0.717, 1.165) is 6.42 Å². The SMILES string of the molecule is O=C(COC(=O)c1cccc(N2C(=O)[C@H]3C[C@@H](c4ccccc4)CC[C@H]3C2=O)c1)Nc1ccc(Br)c(Cl)c1. The lowest BCUT2D eigenvalue weighted by molar-refractivity contribution is -0.122. The zero-order valence-corrected chi connectivity index (χ0v) is 22.6. The van der Waals surface area contributed by atoms with Crippen LogP contribution in [0.25, 0.3) is 0 Å². The van der Waals surface area contributed by atoms with E-state index < -0.39 is 18.5 Å². The first-order chi connectivity index (χ1) is 18.3. The number of amides is 3. The number of rotatable bonds is 6. The first-order valence-electron chi connectivity index (χ1n) is 12.3. The quantitative estimate of drug-likeness (QED) is 0.280. The fraction of sp³-hybridized carbons (Fsp3) is 0.241. The number of nitrogens with one attached hydrogen (secondary N) is 1. The van der Waals surface area contributed by atoms with Gasteiger partial charge >= 0.3 is 5.97 Å². The molecule has 7 nitrogen and oxygen atoms in total. The highest BCUT2D eigenvalue weighted by Gasteiger charge is 2.50. The Hall–Kier alpha value is -3.49. The standard InChI is InChI=1S/C29H24BrClN2O5/c30-24-12-10-20(15-25(24)31)32-26(34)16-38-29(37)19-7-4-8-21(13-19)33-27(35)22-11-9-18(14-23(22)28(33)36)17-5-2-1-3-6-17/h1-8,10,12-13,15,18,22-23H,9,11,14,16H2,(H,32,34)/t18-,22+,23-/m0/s1. The van der Waals surface area contributed by atoms with Gasteiger partial charge in [-0.25, -0.2) is 4.79 Å². The topological polar surface area (TPSA) is 92.8 Å². The molecule has 1 aliphatic carbocycles. The number of anilines is 2. The first kappa shape index (κ1) is 26.1. The molecule has 1 saturated carbocycles. The molecule has 0 aromatic heterocycles. The number of hydrogen-bond acceptors (Lipinski definition) is 5. The Morgan fingerprint density at radius 3 is 2.47 bits per heavy atom. The third-order valence-corrected chi connectivity index (χ3v) is 8.31. The van der Waals surface area contributed by atoms with E-state index in [1.54, 1.807) is 30.3 Å². The number of ether oxygens (including phenoxy) is 1. The monoisotopic (exact) mass is 594 g/mol. The highest BCUT2D eigenvalue weighted by atomic mass is 79.9. The fourth-order valence-corrected chi connectivity index (χ4v) is 5.65. The Kier molecular flexibility index (Phi) is 7.63. The van der Waals surface area contributed by atoms with Gasteiger partial charge in [0, 0.05) is 10.2 Å². The average Bonchev–Trinajstić information content (AvgIpc) is 3.19. The Labute approximate surface area is 233 Å². The van der Waals surface area contributed by atoms with Gasteiger partial charge in [0.05, 0.1) is 28.1 Å². The largest absolute Gasteiger partial charge is 0.452 e. The molecule has 3 atom stereocenters. The van der Waals surface area contributed by atoms with Crippen LogP contribution in [0.2, 0.25) is 5.02 Å². The minimum Gasteiger partial charge on any atom is -0.452 e. The van der Waals surface area contributed by atoms with Gasteiger partial charge in [-0.2, -0.15) is 0 Å². The van der Waals surface area contributed by atoms with E-state index in [1.165, 1.54) is 22.6 Å².